The number of hydrogen-bond donors (Lipinski definition) is 0. The normalized spacial score (nSPS) is 15.6. The molecule has 1 saturated heterocycles. The van der Waals surface area contributed by atoms with Crippen molar-refractivity contribution in [3.8, 4) is 0 Å². The number of piperazine rings is 1. The van der Waals surface area contributed by atoms with E-state index in [-0.39, 0.29) is 6.10 Å². The molecule has 0 aromatic rings. The van der Waals surface area contributed by atoms with Crippen LogP contribution in [-0.2, 0) is 9.47 Å². The third-order valence-electron chi connectivity index (χ3n) is 10.3. The van der Waals surface area contributed by atoms with Crippen LogP contribution in [0.2, 0.25) is 0 Å². The van der Waals surface area contributed by atoms with E-state index < -0.39 is 0 Å². The fraction of sp³-hybridized carbons (Fsp3) is 0.830. The molecule has 1 rings (SSSR count). The van der Waals surface area contributed by atoms with Crippen LogP contribution in [0.25, 0.3) is 0 Å². The average Bonchev–Trinajstić information content (AvgIpc) is 3.15. The molecule has 5 nitrogen and oxygen atoms in total. The molecule has 1 unspecified atom stereocenters. The number of allylic oxidation sites excluding steroid dienone is 8. The molecular weight excluding hydrogens is 639 g/mol. The molecule has 0 spiro atoms. The zero-order valence-electron chi connectivity index (χ0n) is 35.4. The van der Waals surface area contributed by atoms with Gasteiger partial charge in [0.1, 0.15) is 0 Å². The minimum Gasteiger partial charge on any atom is -0.379 e. The standard InChI is InChI=1S/C47H89N3O2/c1-5-7-9-11-13-15-17-19-21-23-25-27-29-31-33-35-43-51-46-47(45-50-41-39-49(40-42-50)38-37-48(3)4)52-44-36-34-32-30-28-26-24-22-20-18-16-14-12-10-8-6-2/h13-16,19-22,47H,5-12,17-18,23-46H2,1-4H3/b15-13-,16-14+,21-19-,22-20+. The molecule has 0 saturated carbocycles. The number of likely N-dealkylation sites (N-methyl/N-ethyl adjacent to an activating group) is 1. The van der Waals surface area contributed by atoms with Crippen molar-refractivity contribution in [2.75, 3.05) is 79.7 Å². The lowest BCUT2D eigenvalue weighted by Crippen LogP contribution is -2.50. The first kappa shape index (κ1) is 48.8. The lowest BCUT2D eigenvalue weighted by molar-refractivity contribution is -0.0398. The van der Waals surface area contributed by atoms with Crippen LogP contribution in [0.3, 0.4) is 0 Å². The first-order valence-electron chi connectivity index (χ1n) is 22.5. The van der Waals surface area contributed by atoms with E-state index >= 15 is 0 Å². The van der Waals surface area contributed by atoms with Crippen molar-refractivity contribution >= 4 is 0 Å². The van der Waals surface area contributed by atoms with E-state index in [1.807, 2.05) is 0 Å². The molecule has 0 aromatic carbocycles. The molecule has 5 heteroatoms. The van der Waals surface area contributed by atoms with Gasteiger partial charge in [0.25, 0.3) is 0 Å². The van der Waals surface area contributed by atoms with E-state index in [4.69, 9.17) is 9.47 Å². The van der Waals surface area contributed by atoms with E-state index in [0.717, 1.165) is 58.8 Å². The van der Waals surface area contributed by atoms with Crippen LogP contribution in [0.4, 0.5) is 0 Å². The van der Waals surface area contributed by atoms with Crippen molar-refractivity contribution in [2.24, 2.45) is 0 Å². The summed E-state index contributed by atoms with van der Waals surface area (Å²) in [6.07, 6.45) is 49.8. The van der Waals surface area contributed by atoms with Crippen LogP contribution in [-0.4, -0.2) is 101 Å². The van der Waals surface area contributed by atoms with Crippen molar-refractivity contribution in [1.29, 1.82) is 0 Å². The van der Waals surface area contributed by atoms with Crippen LogP contribution < -0.4 is 0 Å². The van der Waals surface area contributed by atoms with Crippen molar-refractivity contribution in [2.45, 2.75) is 174 Å². The van der Waals surface area contributed by atoms with Gasteiger partial charge in [-0.05, 0) is 91.1 Å². The molecule has 52 heavy (non-hydrogen) atoms. The Balaban J connectivity index is 2.16. The summed E-state index contributed by atoms with van der Waals surface area (Å²) in [6.45, 7) is 15.0. The Morgan fingerprint density at radius 1 is 0.500 bits per heavy atom. The number of nitrogens with zero attached hydrogens (tertiary/aromatic N) is 3. The zero-order valence-corrected chi connectivity index (χ0v) is 35.4. The lowest BCUT2D eigenvalue weighted by atomic mass is 10.1. The van der Waals surface area contributed by atoms with Gasteiger partial charge < -0.3 is 14.4 Å². The maximum Gasteiger partial charge on any atom is 0.0934 e. The molecule has 0 N–H and O–H groups in total. The van der Waals surface area contributed by atoms with Crippen molar-refractivity contribution in [3.05, 3.63) is 48.6 Å². The number of ether oxygens (including phenoxy) is 2. The van der Waals surface area contributed by atoms with Gasteiger partial charge in [0.05, 0.1) is 12.7 Å². The SMILES string of the molecule is CCCCC/C=C\C/C=C\CCCCCCCCOCC(CN1CCN(CCN(C)C)CC1)OCCCCCCCC/C=C/C/C=C/CCCCC. The molecule has 0 radical (unpaired) electrons. The molecule has 1 fully saturated rings. The smallest absolute Gasteiger partial charge is 0.0934 e. The Bertz CT molecular complexity index is 830. The van der Waals surface area contributed by atoms with Gasteiger partial charge in [-0.2, -0.15) is 0 Å². The van der Waals surface area contributed by atoms with Crippen molar-refractivity contribution in [1.82, 2.24) is 14.7 Å². The van der Waals surface area contributed by atoms with Gasteiger partial charge in [0.15, 0.2) is 0 Å². The molecule has 0 aromatic heterocycles. The highest BCUT2D eigenvalue weighted by atomic mass is 16.5. The van der Waals surface area contributed by atoms with E-state index in [1.54, 1.807) is 0 Å². The fourth-order valence-corrected chi connectivity index (χ4v) is 6.73. The Kier molecular flexibility index (Phi) is 37.0. The van der Waals surface area contributed by atoms with Gasteiger partial charge >= 0.3 is 0 Å². The van der Waals surface area contributed by atoms with Crippen LogP contribution in [0.15, 0.2) is 48.6 Å². The second kappa shape index (κ2) is 39.5. The molecule has 1 atom stereocenters. The summed E-state index contributed by atoms with van der Waals surface area (Å²) in [5.41, 5.74) is 0. The quantitative estimate of drug-likeness (QED) is 0.0466. The zero-order chi connectivity index (χ0) is 37.4. The monoisotopic (exact) mass is 728 g/mol. The first-order chi connectivity index (χ1) is 25.7. The van der Waals surface area contributed by atoms with E-state index in [1.165, 1.54) is 161 Å². The molecule has 1 aliphatic heterocycles. The fourth-order valence-electron chi connectivity index (χ4n) is 6.73. The second-order valence-corrected chi connectivity index (χ2v) is 15.7. The van der Waals surface area contributed by atoms with E-state index in [0.29, 0.717) is 0 Å². The summed E-state index contributed by atoms with van der Waals surface area (Å²) >= 11 is 0. The summed E-state index contributed by atoms with van der Waals surface area (Å²) in [4.78, 5) is 7.51. The van der Waals surface area contributed by atoms with Gasteiger partial charge in [0.2, 0.25) is 0 Å². The Hall–Kier alpha value is -1.24. The summed E-state index contributed by atoms with van der Waals surface area (Å²) in [6, 6.07) is 0. The van der Waals surface area contributed by atoms with Gasteiger partial charge in [-0.1, -0.05) is 140 Å². The summed E-state index contributed by atoms with van der Waals surface area (Å²) in [5, 5.41) is 0. The van der Waals surface area contributed by atoms with Gasteiger partial charge in [0, 0.05) is 59.0 Å². The predicted octanol–water partition coefficient (Wildman–Crippen LogP) is 12.2. The Morgan fingerprint density at radius 2 is 0.923 bits per heavy atom. The summed E-state index contributed by atoms with van der Waals surface area (Å²) in [5.74, 6) is 0. The van der Waals surface area contributed by atoms with Gasteiger partial charge in [-0.25, -0.2) is 0 Å². The third-order valence-corrected chi connectivity index (χ3v) is 10.3. The Morgan fingerprint density at radius 3 is 1.40 bits per heavy atom. The summed E-state index contributed by atoms with van der Waals surface area (Å²) < 4.78 is 12.7. The Labute approximate surface area is 325 Å². The highest BCUT2D eigenvalue weighted by Gasteiger charge is 2.21. The summed E-state index contributed by atoms with van der Waals surface area (Å²) in [7, 11) is 4.34. The molecule has 1 aliphatic rings. The maximum absolute atomic E-state index is 6.49. The van der Waals surface area contributed by atoms with E-state index in [9.17, 15) is 0 Å². The number of unbranched alkanes of at least 4 members (excludes halogenated alkanes) is 18. The highest BCUT2D eigenvalue weighted by molar-refractivity contribution is 4.93. The predicted molar refractivity (Wildman–Crippen MR) is 231 cm³/mol. The van der Waals surface area contributed by atoms with E-state index in [2.05, 4.69) is 91.3 Å². The van der Waals surface area contributed by atoms with Crippen molar-refractivity contribution < 1.29 is 9.47 Å². The van der Waals surface area contributed by atoms with Crippen LogP contribution in [0.5, 0.6) is 0 Å². The molecule has 0 aliphatic carbocycles. The first-order valence-corrected chi connectivity index (χ1v) is 22.5. The maximum atomic E-state index is 6.49. The van der Waals surface area contributed by atoms with Crippen LogP contribution in [0, 0.1) is 0 Å². The van der Waals surface area contributed by atoms with Crippen LogP contribution in [0.1, 0.15) is 168 Å². The highest BCUT2D eigenvalue weighted by Crippen LogP contribution is 2.12. The topological polar surface area (TPSA) is 28.2 Å². The molecular formula is C47H89N3O2. The van der Waals surface area contributed by atoms with Crippen molar-refractivity contribution in [3.63, 3.8) is 0 Å². The van der Waals surface area contributed by atoms with Crippen LogP contribution >= 0.6 is 0 Å². The minimum absolute atomic E-state index is 0.191. The van der Waals surface area contributed by atoms with Gasteiger partial charge in [-0.3, -0.25) is 9.80 Å². The second-order valence-electron chi connectivity index (χ2n) is 15.7. The van der Waals surface area contributed by atoms with Gasteiger partial charge in [-0.15, -0.1) is 0 Å². The number of rotatable bonds is 38. The average molecular weight is 728 g/mol. The lowest BCUT2D eigenvalue weighted by Gasteiger charge is -2.36. The largest absolute Gasteiger partial charge is 0.379 e. The third kappa shape index (κ3) is 34.5. The molecule has 0 amide bonds. The number of hydrogen-bond acceptors (Lipinski definition) is 5. The molecule has 0 bridgehead atoms. The molecule has 1 heterocycles. The molecule has 304 valence electrons. The minimum atomic E-state index is 0.191.